The minimum absolute atomic E-state index is 0.0944. The summed E-state index contributed by atoms with van der Waals surface area (Å²) in [4.78, 5) is 0. The Morgan fingerprint density at radius 3 is 2.41 bits per heavy atom. The van der Waals surface area contributed by atoms with Crippen LogP contribution in [-0.4, -0.2) is 29.5 Å². The molecule has 17 heavy (non-hydrogen) atoms. The van der Waals surface area contributed by atoms with Crippen LogP contribution in [0.15, 0.2) is 17.5 Å². The molecule has 3 nitrogen and oxygen atoms in total. The molecule has 1 atom stereocenters. The lowest BCUT2D eigenvalue weighted by Crippen LogP contribution is -2.21. The van der Waals surface area contributed by atoms with E-state index >= 15 is 0 Å². The molecule has 0 aromatic heterocycles. The molecule has 0 bridgehead atoms. The summed E-state index contributed by atoms with van der Waals surface area (Å²) < 4.78 is 5.40. The predicted molar refractivity (Wildman–Crippen MR) is 72.5 cm³/mol. The van der Waals surface area contributed by atoms with Gasteiger partial charge in [0.25, 0.3) is 0 Å². The van der Waals surface area contributed by atoms with Gasteiger partial charge in [0.1, 0.15) is 18.5 Å². The molecule has 1 rings (SSSR count). The molecule has 0 heterocycles. The summed E-state index contributed by atoms with van der Waals surface area (Å²) in [5.41, 5.74) is 3.29. The molecule has 4 heteroatoms. The minimum Gasteiger partial charge on any atom is -0.491 e. The van der Waals surface area contributed by atoms with E-state index < -0.39 is 6.10 Å². The van der Waals surface area contributed by atoms with Gasteiger partial charge in [0.05, 0.1) is 6.61 Å². The number of aryl methyl sites for hydroxylation is 2. The van der Waals surface area contributed by atoms with Gasteiger partial charge in [-0.1, -0.05) is 0 Å². The summed E-state index contributed by atoms with van der Waals surface area (Å²) in [6, 6.07) is 3.81. The molecule has 1 aromatic carbocycles. The van der Waals surface area contributed by atoms with Crippen molar-refractivity contribution in [1.82, 2.24) is 0 Å². The summed E-state index contributed by atoms with van der Waals surface area (Å²) in [6.07, 6.45) is 1.09. The maximum absolute atomic E-state index is 9.20. The molecule has 0 amide bonds. The van der Waals surface area contributed by atoms with Crippen molar-refractivity contribution in [1.29, 1.82) is 0 Å². The SMILES string of the molecule is Cc1cc(OC[C@H](O)CO)cc(C)c1/C=C/S. The number of rotatable bonds is 5. The average molecular weight is 254 g/mol. The van der Waals surface area contributed by atoms with E-state index in [2.05, 4.69) is 12.6 Å². The summed E-state index contributed by atoms with van der Waals surface area (Å²) in [5.74, 6) is 0.698. The van der Waals surface area contributed by atoms with Gasteiger partial charge >= 0.3 is 0 Å². The number of benzene rings is 1. The van der Waals surface area contributed by atoms with Crippen LogP contribution in [-0.2, 0) is 0 Å². The van der Waals surface area contributed by atoms with Crippen molar-refractivity contribution in [3.8, 4) is 5.75 Å². The molecule has 0 radical (unpaired) electrons. The second kappa shape index (κ2) is 6.69. The Morgan fingerprint density at radius 2 is 1.94 bits per heavy atom. The molecule has 0 saturated carbocycles. The van der Waals surface area contributed by atoms with Crippen LogP contribution >= 0.6 is 12.6 Å². The minimum atomic E-state index is -0.840. The largest absolute Gasteiger partial charge is 0.491 e. The molecule has 0 fully saturated rings. The normalized spacial score (nSPS) is 13.0. The standard InChI is InChI=1S/C13H18O3S/c1-9-5-12(16-8-11(15)7-14)6-10(2)13(9)3-4-17/h3-6,11,14-15,17H,7-8H2,1-2H3/b4-3+/t11-/m1/s1. The van der Waals surface area contributed by atoms with E-state index in [9.17, 15) is 5.11 Å². The molecule has 0 aliphatic heterocycles. The first-order valence-electron chi connectivity index (χ1n) is 5.42. The lowest BCUT2D eigenvalue weighted by Gasteiger charge is -2.13. The van der Waals surface area contributed by atoms with Crippen molar-refractivity contribution in [2.24, 2.45) is 0 Å². The molecule has 2 N–H and O–H groups in total. The van der Waals surface area contributed by atoms with Crippen molar-refractivity contribution < 1.29 is 14.9 Å². The molecule has 94 valence electrons. The van der Waals surface area contributed by atoms with Crippen LogP contribution in [0.2, 0.25) is 0 Å². The average Bonchev–Trinajstić information content (AvgIpc) is 2.30. The van der Waals surface area contributed by atoms with Crippen molar-refractivity contribution in [2.75, 3.05) is 13.2 Å². The highest BCUT2D eigenvalue weighted by Gasteiger charge is 2.06. The first kappa shape index (κ1) is 14.1. The second-order valence-electron chi connectivity index (χ2n) is 3.93. The van der Waals surface area contributed by atoms with Crippen LogP contribution in [0.5, 0.6) is 5.75 Å². The van der Waals surface area contributed by atoms with Gasteiger partial charge in [-0.15, -0.1) is 0 Å². The summed E-state index contributed by atoms with van der Waals surface area (Å²) >= 11 is 4.06. The first-order chi connectivity index (χ1) is 8.08. The Labute approximate surface area is 107 Å². The van der Waals surface area contributed by atoms with Gasteiger partial charge in [-0.25, -0.2) is 0 Å². The molecule has 0 saturated heterocycles. The van der Waals surface area contributed by atoms with Crippen LogP contribution in [0.25, 0.3) is 6.08 Å². The zero-order chi connectivity index (χ0) is 12.8. The highest BCUT2D eigenvalue weighted by atomic mass is 32.1. The molecular formula is C13H18O3S. The maximum atomic E-state index is 9.20. The number of hydrogen-bond donors (Lipinski definition) is 3. The topological polar surface area (TPSA) is 49.7 Å². The Balaban J connectivity index is 2.83. The fourth-order valence-electron chi connectivity index (χ4n) is 1.60. The summed E-state index contributed by atoms with van der Waals surface area (Å²) in [7, 11) is 0. The Hall–Kier alpha value is -0.970. The summed E-state index contributed by atoms with van der Waals surface area (Å²) in [5, 5.41) is 19.6. The van der Waals surface area contributed by atoms with E-state index in [1.54, 1.807) is 5.41 Å². The predicted octanol–water partition coefficient (Wildman–Crippen LogP) is 1.94. The first-order valence-corrected chi connectivity index (χ1v) is 5.94. The molecule has 0 aliphatic rings. The van der Waals surface area contributed by atoms with E-state index in [-0.39, 0.29) is 13.2 Å². The van der Waals surface area contributed by atoms with Crippen LogP contribution in [0.4, 0.5) is 0 Å². The molecule has 1 aromatic rings. The molecule has 0 aliphatic carbocycles. The van der Waals surface area contributed by atoms with Gasteiger partial charge < -0.3 is 14.9 Å². The number of aliphatic hydroxyl groups is 2. The monoisotopic (exact) mass is 254 g/mol. The number of thiol groups is 1. The van der Waals surface area contributed by atoms with Gasteiger partial charge in [-0.05, 0) is 54.2 Å². The van der Waals surface area contributed by atoms with Gasteiger partial charge in [-0.3, -0.25) is 0 Å². The van der Waals surface area contributed by atoms with Crippen LogP contribution in [0, 0.1) is 13.8 Å². The highest BCUT2D eigenvalue weighted by Crippen LogP contribution is 2.23. The third-order valence-electron chi connectivity index (χ3n) is 2.46. The Morgan fingerprint density at radius 1 is 1.35 bits per heavy atom. The van der Waals surface area contributed by atoms with Gasteiger partial charge in [-0.2, -0.15) is 12.6 Å². The van der Waals surface area contributed by atoms with E-state index in [0.29, 0.717) is 5.75 Å². The fraction of sp³-hybridized carbons (Fsp3) is 0.385. The fourth-order valence-corrected chi connectivity index (χ4v) is 1.75. The van der Waals surface area contributed by atoms with Gasteiger partial charge in [0.15, 0.2) is 0 Å². The van der Waals surface area contributed by atoms with Crippen molar-refractivity contribution in [2.45, 2.75) is 20.0 Å². The van der Waals surface area contributed by atoms with E-state index in [4.69, 9.17) is 9.84 Å². The van der Waals surface area contributed by atoms with Gasteiger partial charge in [0, 0.05) is 0 Å². The zero-order valence-electron chi connectivity index (χ0n) is 10.1. The Kier molecular flexibility index (Phi) is 5.55. The van der Waals surface area contributed by atoms with Crippen molar-refractivity contribution >= 4 is 18.7 Å². The maximum Gasteiger partial charge on any atom is 0.120 e. The number of ether oxygens (including phenoxy) is 1. The smallest absolute Gasteiger partial charge is 0.120 e. The number of hydrogen-bond acceptors (Lipinski definition) is 4. The quantitative estimate of drug-likeness (QED) is 0.704. The van der Waals surface area contributed by atoms with Gasteiger partial charge in [0.2, 0.25) is 0 Å². The van der Waals surface area contributed by atoms with Crippen molar-refractivity contribution in [3.05, 3.63) is 34.2 Å². The van der Waals surface area contributed by atoms with E-state index in [0.717, 1.165) is 16.7 Å². The number of aliphatic hydroxyl groups excluding tert-OH is 2. The lowest BCUT2D eigenvalue weighted by atomic mass is 10.0. The van der Waals surface area contributed by atoms with Crippen molar-refractivity contribution in [3.63, 3.8) is 0 Å². The zero-order valence-corrected chi connectivity index (χ0v) is 10.9. The highest BCUT2D eigenvalue weighted by molar-refractivity contribution is 7.83. The third-order valence-corrected chi connectivity index (χ3v) is 2.61. The van der Waals surface area contributed by atoms with E-state index in [1.165, 1.54) is 0 Å². The Bertz CT molecular complexity index is 379. The third kappa shape index (κ3) is 4.07. The van der Waals surface area contributed by atoms with Crippen LogP contribution < -0.4 is 4.74 Å². The molecular weight excluding hydrogens is 236 g/mol. The second-order valence-corrected chi connectivity index (χ2v) is 4.23. The molecule has 0 spiro atoms. The molecule has 0 unspecified atom stereocenters. The summed E-state index contributed by atoms with van der Waals surface area (Å²) in [6.45, 7) is 3.78. The lowest BCUT2D eigenvalue weighted by molar-refractivity contribution is 0.0536. The van der Waals surface area contributed by atoms with Crippen LogP contribution in [0.1, 0.15) is 16.7 Å². The van der Waals surface area contributed by atoms with E-state index in [1.807, 2.05) is 32.1 Å². The van der Waals surface area contributed by atoms with Crippen LogP contribution in [0.3, 0.4) is 0 Å².